The Hall–Kier alpha value is -2.01. The van der Waals surface area contributed by atoms with Gasteiger partial charge in [-0.05, 0) is 29.8 Å². The van der Waals surface area contributed by atoms with E-state index in [2.05, 4.69) is 21.1 Å². The molecule has 2 aromatic heterocycles. The summed E-state index contributed by atoms with van der Waals surface area (Å²) in [7, 11) is 0. The molecule has 2 heterocycles. The van der Waals surface area contributed by atoms with E-state index in [1.165, 1.54) is 0 Å². The van der Waals surface area contributed by atoms with Crippen LogP contribution in [0, 0.1) is 0 Å². The first kappa shape index (κ1) is 11.1. The van der Waals surface area contributed by atoms with E-state index in [0.29, 0.717) is 17.3 Å². The maximum atomic E-state index is 5.86. The molecule has 0 aliphatic rings. The molecule has 0 fully saturated rings. The van der Waals surface area contributed by atoms with Gasteiger partial charge in [0.2, 0.25) is 5.76 Å². The molecule has 0 atom stereocenters. The molecule has 0 saturated heterocycles. The largest absolute Gasteiger partial charge is 0.461 e. The molecule has 2 N–H and O–H groups in total. The molecule has 0 saturated carbocycles. The second-order valence-corrected chi connectivity index (χ2v) is 4.67. The van der Waals surface area contributed by atoms with Crippen molar-refractivity contribution in [3.8, 4) is 22.6 Å². The molecule has 0 aliphatic carbocycles. The van der Waals surface area contributed by atoms with E-state index in [4.69, 9.17) is 14.7 Å². The van der Waals surface area contributed by atoms with Crippen LogP contribution < -0.4 is 5.73 Å². The van der Waals surface area contributed by atoms with Crippen LogP contribution in [0.3, 0.4) is 0 Å². The molecule has 0 aliphatic heterocycles. The van der Waals surface area contributed by atoms with Gasteiger partial charge in [0.05, 0.1) is 11.8 Å². The molecule has 0 amide bonds. The van der Waals surface area contributed by atoms with Crippen molar-refractivity contribution >= 4 is 21.7 Å². The Bertz CT molecular complexity index is 657. The van der Waals surface area contributed by atoms with Crippen LogP contribution in [0.25, 0.3) is 22.6 Å². The van der Waals surface area contributed by atoms with Crippen molar-refractivity contribution in [2.75, 3.05) is 5.73 Å². The minimum atomic E-state index is 0.351. The molecule has 4 nitrogen and oxygen atoms in total. The number of nitrogen functional groups attached to an aromatic ring is 1. The van der Waals surface area contributed by atoms with Gasteiger partial charge >= 0.3 is 0 Å². The number of aromatic nitrogens is 1. The summed E-state index contributed by atoms with van der Waals surface area (Å²) in [6.07, 6.45) is 1.58. The van der Waals surface area contributed by atoms with Crippen molar-refractivity contribution in [2.24, 2.45) is 0 Å². The lowest BCUT2D eigenvalue weighted by molar-refractivity contribution is 0.421. The highest BCUT2D eigenvalue weighted by molar-refractivity contribution is 9.10. The smallest absolute Gasteiger partial charge is 0.212 e. The molecule has 3 rings (SSSR count). The van der Waals surface area contributed by atoms with Crippen LogP contribution in [-0.4, -0.2) is 5.16 Å². The van der Waals surface area contributed by atoms with E-state index >= 15 is 0 Å². The van der Waals surface area contributed by atoms with Crippen LogP contribution in [0.4, 0.5) is 5.82 Å². The first-order valence-electron chi connectivity index (χ1n) is 5.30. The van der Waals surface area contributed by atoms with Crippen LogP contribution in [0.1, 0.15) is 0 Å². The van der Waals surface area contributed by atoms with Gasteiger partial charge in [-0.25, -0.2) is 0 Å². The number of hydrogen-bond acceptors (Lipinski definition) is 4. The molecule has 0 radical (unpaired) electrons. The third kappa shape index (κ3) is 1.82. The number of nitrogens with two attached hydrogens (primary N) is 1. The SMILES string of the molecule is Nc1noc(-c2ccco2)c1-c1ccc(Br)cc1. The van der Waals surface area contributed by atoms with E-state index < -0.39 is 0 Å². The monoisotopic (exact) mass is 304 g/mol. The fourth-order valence-electron chi connectivity index (χ4n) is 1.77. The van der Waals surface area contributed by atoms with Gasteiger partial charge in [0.15, 0.2) is 11.6 Å². The summed E-state index contributed by atoms with van der Waals surface area (Å²) < 4.78 is 11.6. The maximum Gasteiger partial charge on any atom is 0.212 e. The third-order valence-electron chi connectivity index (χ3n) is 2.60. The topological polar surface area (TPSA) is 65.2 Å². The molecule has 0 spiro atoms. The lowest BCUT2D eigenvalue weighted by Crippen LogP contribution is -1.88. The van der Waals surface area contributed by atoms with Crippen LogP contribution in [0.2, 0.25) is 0 Å². The summed E-state index contributed by atoms with van der Waals surface area (Å²) in [6.45, 7) is 0. The van der Waals surface area contributed by atoms with Gasteiger partial charge < -0.3 is 14.7 Å². The summed E-state index contributed by atoms with van der Waals surface area (Å²) in [5.41, 5.74) is 7.54. The second kappa shape index (κ2) is 4.34. The second-order valence-electron chi connectivity index (χ2n) is 3.76. The first-order valence-corrected chi connectivity index (χ1v) is 6.10. The van der Waals surface area contributed by atoms with E-state index in [9.17, 15) is 0 Å². The molecule has 18 heavy (non-hydrogen) atoms. The first-order chi connectivity index (χ1) is 8.75. The van der Waals surface area contributed by atoms with Crippen molar-refractivity contribution in [3.05, 3.63) is 47.1 Å². The summed E-state index contributed by atoms with van der Waals surface area (Å²) in [5.74, 6) is 1.50. The van der Waals surface area contributed by atoms with Crippen molar-refractivity contribution in [2.45, 2.75) is 0 Å². The van der Waals surface area contributed by atoms with E-state index in [0.717, 1.165) is 15.6 Å². The number of nitrogens with zero attached hydrogens (tertiary/aromatic N) is 1. The Morgan fingerprint density at radius 2 is 1.89 bits per heavy atom. The molecule has 5 heteroatoms. The quantitative estimate of drug-likeness (QED) is 0.778. The van der Waals surface area contributed by atoms with Gasteiger partial charge in [-0.2, -0.15) is 0 Å². The minimum absolute atomic E-state index is 0.351. The Labute approximate surface area is 112 Å². The molecule has 3 aromatic rings. The van der Waals surface area contributed by atoms with Crippen molar-refractivity contribution < 1.29 is 8.94 Å². The molecule has 0 bridgehead atoms. The predicted octanol–water partition coefficient (Wildman–Crippen LogP) is 3.95. The zero-order chi connectivity index (χ0) is 12.5. The summed E-state index contributed by atoms with van der Waals surface area (Å²) >= 11 is 3.40. The summed E-state index contributed by atoms with van der Waals surface area (Å²) in [5, 5.41) is 3.80. The molecule has 0 unspecified atom stereocenters. The van der Waals surface area contributed by atoms with Crippen LogP contribution in [0.15, 0.2) is 56.1 Å². The maximum absolute atomic E-state index is 5.86. The van der Waals surface area contributed by atoms with Gasteiger partial charge in [0, 0.05) is 4.47 Å². The van der Waals surface area contributed by atoms with Gasteiger partial charge in [-0.15, -0.1) is 0 Å². The van der Waals surface area contributed by atoms with E-state index in [1.54, 1.807) is 12.3 Å². The van der Waals surface area contributed by atoms with Crippen LogP contribution in [-0.2, 0) is 0 Å². The molecular formula is C13H9BrN2O2. The number of furan rings is 1. The highest BCUT2D eigenvalue weighted by atomic mass is 79.9. The number of rotatable bonds is 2. The highest BCUT2D eigenvalue weighted by Crippen LogP contribution is 2.36. The van der Waals surface area contributed by atoms with Gasteiger partial charge in [-0.3, -0.25) is 0 Å². The van der Waals surface area contributed by atoms with Gasteiger partial charge in [0.25, 0.3) is 0 Å². The summed E-state index contributed by atoms with van der Waals surface area (Å²) in [4.78, 5) is 0. The van der Waals surface area contributed by atoms with Crippen LogP contribution >= 0.6 is 15.9 Å². The molecule has 90 valence electrons. The Morgan fingerprint density at radius 1 is 1.11 bits per heavy atom. The number of benzene rings is 1. The molecular weight excluding hydrogens is 296 g/mol. The molecule has 1 aromatic carbocycles. The third-order valence-corrected chi connectivity index (χ3v) is 3.13. The number of halogens is 1. The Morgan fingerprint density at radius 3 is 2.56 bits per heavy atom. The van der Waals surface area contributed by atoms with Crippen LogP contribution in [0.5, 0.6) is 0 Å². The standard InChI is InChI=1S/C13H9BrN2O2/c14-9-5-3-8(4-6-9)11-12(18-16-13(11)15)10-2-1-7-17-10/h1-7H,(H2,15,16). The zero-order valence-electron chi connectivity index (χ0n) is 9.26. The summed E-state index contributed by atoms with van der Waals surface area (Å²) in [6, 6.07) is 11.4. The Balaban J connectivity index is 2.17. The predicted molar refractivity (Wildman–Crippen MR) is 71.8 cm³/mol. The van der Waals surface area contributed by atoms with Crippen molar-refractivity contribution in [1.82, 2.24) is 5.16 Å². The fraction of sp³-hybridized carbons (Fsp3) is 0. The Kier molecular flexibility index (Phi) is 2.68. The highest BCUT2D eigenvalue weighted by Gasteiger charge is 2.19. The number of hydrogen-bond donors (Lipinski definition) is 1. The fourth-order valence-corrected chi connectivity index (χ4v) is 2.04. The van der Waals surface area contributed by atoms with Crippen molar-refractivity contribution in [3.63, 3.8) is 0 Å². The lowest BCUT2D eigenvalue weighted by Gasteiger charge is -2.00. The average Bonchev–Trinajstić information content (AvgIpc) is 2.99. The average molecular weight is 305 g/mol. The minimum Gasteiger partial charge on any atom is -0.461 e. The van der Waals surface area contributed by atoms with Gasteiger partial charge in [0.1, 0.15) is 0 Å². The van der Waals surface area contributed by atoms with E-state index in [-0.39, 0.29) is 0 Å². The number of anilines is 1. The van der Waals surface area contributed by atoms with E-state index in [1.807, 2.05) is 30.3 Å². The normalized spacial score (nSPS) is 10.7. The van der Waals surface area contributed by atoms with Gasteiger partial charge in [-0.1, -0.05) is 33.2 Å². The van der Waals surface area contributed by atoms with Crippen molar-refractivity contribution in [1.29, 1.82) is 0 Å². The lowest BCUT2D eigenvalue weighted by atomic mass is 10.1. The zero-order valence-corrected chi connectivity index (χ0v) is 10.8.